The highest BCUT2D eigenvalue weighted by molar-refractivity contribution is 5.95. The molecule has 5 amide bonds. The number of hydrogen-bond acceptors (Lipinski definition) is 10. The number of aliphatic hydroxyl groups is 1. The third kappa shape index (κ3) is 14.2. The van der Waals surface area contributed by atoms with Gasteiger partial charge < -0.3 is 48.4 Å². The van der Waals surface area contributed by atoms with E-state index in [1.54, 1.807) is 0 Å². The largest absolute Gasteiger partial charge is 0.394 e. The van der Waals surface area contributed by atoms with Crippen LogP contribution in [0.1, 0.15) is 52.9 Å². The summed E-state index contributed by atoms with van der Waals surface area (Å²) in [5, 5.41) is 19.5. The highest BCUT2D eigenvalue weighted by Crippen LogP contribution is 2.04. The molecule has 5 atom stereocenters. The lowest BCUT2D eigenvalue weighted by Crippen LogP contribution is -2.59. The number of hydroxylamine groups is 1. The van der Waals surface area contributed by atoms with Gasteiger partial charge in [-0.3, -0.25) is 24.0 Å². The van der Waals surface area contributed by atoms with Crippen LogP contribution in [0.25, 0.3) is 0 Å². The molecule has 0 aromatic rings. The lowest BCUT2D eigenvalue weighted by molar-refractivity contribution is -0.135. The summed E-state index contributed by atoms with van der Waals surface area (Å²) in [4.78, 5) is 67.3. The van der Waals surface area contributed by atoms with Crippen molar-refractivity contribution in [1.82, 2.24) is 26.7 Å². The number of unbranched alkanes of at least 4 members (excludes halogenated alkanes) is 1. The first-order valence-corrected chi connectivity index (χ1v) is 12.7. The van der Waals surface area contributed by atoms with E-state index in [-0.39, 0.29) is 25.4 Å². The molecule has 0 aliphatic heterocycles. The molecule has 220 valence electrons. The number of nitrogens with two attached hydrogens (primary N) is 3. The van der Waals surface area contributed by atoms with Crippen molar-refractivity contribution < 1.29 is 33.9 Å². The molecule has 0 spiro atoms. The zero-order valence-corrected chi connectivity index (χ0v) is 22.7. The van der Waals surface area contributed by atoms with Crippen LogP contribution < -0.4 is 43.9 Å². The summed E-state index contributed by atoms with van der Waals surface area (Å²) in [7, 11) is 1.51. The number of rotatable bonds is 20. The van der Waals surface area contributed by atoms with Crippen molar-refractivity contribution >= 4 is 29.5 Å². The SMILES string of the molecule is CNOCC[C@H](NC(=O)[C@H](C)NC(=O)[C@@H](N)CC(C)C)C(=O)N[C@@H](CO)C(=O)N[C@@H](CCCCN)C(N)=O. The average molecular weight is 547 g/mol. The van der Waals surface area contributed by atoms with Crippen molar-refractivity contribution in [1.29, 1.82) is 0 Å². The van der Waals surface area contributed by atoms with Crippen LogP contribution in [0.2, 0.25) is 0 Å². The van der Waals surface area contributed by atoms with Gasteiger partial charge in [0.25, 0.3) is 0 Å². The molecular formula is C23H46N8O7. The molecule has 0 saturated heterocycles. The summed E-state index contributed by atoms with van der Waals surface area (Å²) < 4.78 is 0. The van der Waals surface area contributed by atoms with Crippen molar-refractivity contribution in [3.63, 3.8) is 0 Å². The highest BCUT2D eigenvalue weighted by atomic mass is 16.6. The number of amides is 5. The van der Waals surface area contributed by atoms with Gasteiger partial charge in [0.1, 0.15) is 24.2 Å². The van der Waals surface area contributed by atoms with Crippen LogP contribution in [0.15, 0.2) is 0 Å². The fraction of sp³-hybridized carbons (Fsp3) is 0.783. The Bertz CT molecular complexity index is 768. The summed E-state index contributed by atoms with van der Waals surface area (Å²) in [6, 6.07) is -5.42. The van der Waals surface area contributed by atoms with Crippen LogP contribution in [0.5, 0.6) is 0 Å². The van der Waals surface area contributed by atoms with E-state index in [4.69, 9.17) is 22.0 Å². The maximum atomic E-state index is 12.9. The van der Waals surface area contributed by atoms with Gasteiger partial charge in [-0.25, -0.2) is 5.48 Å². The van der Waals surface area contributed by atoms with E-state index in [2.05, 4.69) is 26.7 Å². The second-order valence-corrected chi connectivity index (χ2v) is 9.36. The van der Waals surface area contributed by atoms with Gasteiger partial charge in [0.2, 0.25) is 29.5 Å². The third-order valence-electron chi connectivity index (χ3n) is 5.52. The maximum Gasteiger partial charge on any atom is 0.245 e. The average Bonchev–Trinajstić information content (AvgIpc) is 2.85. The second-order valence-electron chi connectivity index (χ2n) is 9.36. The standard InChI is InChI=1S/C23H46N8O7/c1-13(2)11-15(25)21(35)28-14(3)20(34)30-17(8-10-38-27-4)22(36)31-18(12-32)23(37)29-16(19(26)33)7-5-6-9-24/h13-18,27,32H,5-12,24-25H2,1-4H3,(H2,26,33)(H,28,35)(H,29,37)(H,30,34)(H,31,36)/t14-,15-,16-,17-,18-/m0/s1. The fourth-order valence-electron chi connectivity index (χ4n) is 3.36. The Morgan fingerprint density at radius 1 is 0.816 bits per heavy atom. The minimum atomic E-state index is -1.42. The molecule has 0 bridgehead atoms. The molecule has 0 fully saturated rings. The minimum Gasteiger partial charge on any atom is -0.394 e. The van der Waals surface area contributed by atoms with E-state index in [1.165, 1.54) is 14.0 Å². The topological polar surface area (TPSA) is 253 Å². The molecule has 12 N–H and O–H groups in total. The molecular weight excluding hydrogens is 500 g/mol. The van der Waals surface area contributed by atoms with Crippen molar-refractivity contribution in [3.8, 4) is 0 Å². The lowest BCUT2D eigenvalue weighted by atomic mass is 10.0. The van der Waals surface area contributed by atoms with Gasteiger partial charge in [0.15, 0.2) is 0 Å². The molecule has 0 heterocycles. The Morgan fingerprint density at radius 2 is 1.39 bits per heavy atom. The summed E-state index contributed by atoms with van der Waals surface area (Å²) >= 11 is 0. The summed E-state index contributed by atoms with van der Waals surface area (Å²) in [5.41, 5.74) is 19.1. The highest BCUT2D eigenvalue weighted by Gasteiger charge is 2.30. The number of carbonyl (C=O) groups excluding carboxylic acids is 5. The van der Waals surface area contributed by atoms with Gasteiger partial charge in [-0.1, -0.05) is 13.8 Å². The van der Waals surface area contributed by atoms with Crippen LogP contribution in [-0.4, -0.2) is 91.7 Å². The van der Waals surface area contributed by atoms with Gasteiger partial charge in [-0.2, -0.15) is 0 Å². The van der Waals surface area contributed by atoms with Crippen molar-refractivity contribution in [3.05, 3.63) is 0 Å². The molecule has 0 unspecified atom stereocenters. The van der Waals surface area contributed by atoms with Crippen LogP contribution in [0.3, 0.4) is 0 Å². The van der Waals surface area contributed by atoms with Crippen LogP contribution in [-0.2, 0) is 28.8 Å². The normalized spacial score (nSPS) is 15.1. The van der Waals surface area contributed by atoms with Gasteiger partial charge in [0.05, 0.1) is 19.3 Å². The Hall–Kier alpha value is -2.85. The van der Waals surface area contributed by atoms with Gasteiger partial charge in [0, 0.05) is 13.5 Å². The quantitative estimate of drug-likeness (QED) is 0.0537. The van der Waals surface area contributed by atoms with E-state index < -0.39 is 66.4 Å². The molecule has 0 aromatic heterocycles. The number of primary amides is 1. The first kappa shape index (κ1) is 35.2. The minimum absolute atomic E-state index is 0.00525. The molecule has 15 nitrogen and oxygen atoms in total. The molecule has 15 heteroatoms. The van der Waals surface area contributed by atoms with E-state index in [0.29, 0.717) is 25.8 Å². The second kappa shape index (κ2) is 19.3. The van der Waals surface area contributed by atoms with E-state index in [0.717, 1.165) is 0 Å². The molecule has 0 aliphatic rings. The van der Waals surface area contributed by atoms with Crippen LogP contribution >= 0.6 is 0 Å². The van der Waals surface area contributed by atoms with Crippen LogP contribution in [0, 0.1) is 5.92 Å². The first-order valence-electron chi connectivity index (χ1n) is 12.7. The van der Waals surface area contributed by atoms with Crippen molar-refractivity contribution in [2.45, 2.75) is 83.1 Å². The van der Waals surface area contributed by atoms with E-state index >= 15 is 0 Å². The smallest absolute Gasteiger partial charge is 0.245 e. The van der Waals surface area contributed by atoms with E-state index in [9.17, 15) is 29.1 Å². The van der Waals surface area contributed by atoms with Crippen molar-refractivity contribution in [2.24, 2.45) is 23.1 Å². The molecule has 0 rings (SSSR count). The number of aliphatic hydroxyl groups excluding tert-OH is 1. The number of nitrogens with one attached hydrogen (secondary N) is 5. The Balaban J connectivity index is 5.30. The summed E-state index contributed by atoms with van der Waals surface area (Å²) in [5.74, 6) is -3.38. The number of hydrogen-bond donors (Lipinski definition) is 9. The predicted octanol–water partition coefficient (Wildman–Crippen LogP) is -3.53. The summed E-state index contributed by atoms with van der Waals surface area (Å²) in [6.07, 6.45) is 1.83. The van der Waals surface area contributed by atoms with Gasteiger partial charge >= 0.3 is 0 Å². The molecule has 0 aromatic carbocycles. The van der Waals surface area contributed by atoms with E-state index in [1.807, 2.05) is 13.8 Å². The fourth-order valence-corrected chi connectivity index (χ4v) is 3.36. The van der Waals surface area contributed by atoms with Crippen LogP contribution in [0.4, 0.5) is 0 Å². The molecule has 0 radical (unpaired) electrons. The zero-order chi connectivity index (χ0) is 29.3. The lowest BCUT2D eigenvalue weighted by Gasteiger charge is -2.25. The third-order valence-corrected chi connectivity index (χ3v) is 5.52. The molecule has 38 heavy (non-hydrogen) atoms. The Labute approximate surface area is 223 Å². The molecule has 0 aliphatic carbocycles. The predicted molar refractivity (Wildman–Crippen MR) is 140 cm³/mol. The summed E-state index contributed by atoms with van der Waals surface area (Å²) in [6.45, 7) is 4.90. The maximum absolute atomic E-state index is 12.9. The Morgan fingerprint density at radius 3 is 1.92 bits per heavy atom. The van der Waals surface area contributed by atoms with Crippen molar-refractivity contribution in [2.75, 3.05) is 26.8 Å². The zero-order valence-electron chi connectivity index (χ0n) is 22.7. The monoisotopic (exact) mass is 546 g/mol. The van der Waals surface area contributed by atoms with Gasteiger partial charge in [-0.15, -0.1) is 0 Å². The number of carbonyl (C=O) groups is 5. The molecule has 0 saturated carbocycles. The Kier molecular flexibility index (Phi) is 17.8. The first-order chi connectivity index (χ1) is 17.9. The van der Waals surface area contributed by atoms with Gasteiger partial charge in [-0.05, 0) is 45.1 Å².